The van der Waals surface area contributed by atoms with Crippen LogP contribution in [0.3, 0.4) is 0 Å². The van der Waals surface area contributed by atoms with Crippen molar-refractivity contribution in [2.24, 2.45) is 5.92 Å². The van der Waals surface area contributed by atoms with Crippen LogP contribution in [0.25, 0.3) is 10.9 Å². The number of fused-ring (bicyclic) bond motifs is 3. The van der Waals surface area contributed by atoms with Crippen LogP contribution >= 0.6 is 0 Å². The zero-order valence-electron chi connectivity index (χ0n) is 14.2. The third kappa shape index (κ3) is 3.04. The van der Waals surface area contributed by atoms with Gasteiger partial charge < -0.3 is 10.3 Å². The highest BCUT2D eigenvalue weighted by Crippen LogP contribution is 2.32. The average molecular weight is 336 g/mol. The molecule has 1 aromatic heterocycles. The van der Waals surface area contributed by atoms with E-state index in [1.807, 2.05) is 24.3 Å². The van der Waals surface area contributed by atoms with Crippen molar-refractivity contribution in [1.82, 2.24) is 4.98 Å². The van der Waals surface area contributed by atoms with Gasteiger partial charge in [-0.25, -0.2) is 4.39 Å². The van der Waals surface area contributed by atoms with Crippen molar-refractivity contribution in [1.29, 1.82) is 0 Å². The Bertz CT molecular complexity index is 927. The summed E-state index contributed by atoms with van der Waals surface area (Å²) in [5, 5.41) is 3.92. The zero-order chi connectivity index (χ0) is 17.4. The maximum Gasteiger partial charge on any atom is 0.227 e. The number of carbonyl (C=O) groups excluding carboxylic acids is 1. The molecule has 25 heavy (non-hydrogen) atoms. The first-order valence-electron chi connectivity index (χ1n) is 8.83. The molecule has 0 fully saturated rings. The lowest BCUT2D eigenvalue weighted by molar-refractivity contribution is -0.120. The number of amides is 1. The van der Waals surface area contributed by atoms with Crippen molar-refractivity contribution in [2.45, 2.75) is 32.6 Å². The van der Waals surface area contributed by atoms with Gasteiger partial charge in [-0.05, 0) is 67.1 Å². The van der Waals surface area contributed by atoms with E-state index in [0.717, 1.165) is 47.1 Å². The van der Waals surface area contributed by atoms with Gasteiger partial charge in [0, 0.05) is 28.2 Å². The molecule has 4 rings (SSSR count). The van der Waals surface area contributed by atoms with Crippen molar-refractivity contribution >= 4 is 22.5 Å². The second-order valence-corrected chi connectivity index (χ2v) is 6.75. The molecule has 0 aliphatic heterocycles. The lowest BCUT2D eigenvalue weighted by Crippen LogP contribution is -2.28. The second kappa shape index (κ2) is 6.36. The molecule has 1 atom stereocenters. The van der Waals surface area contributed by atoms with Crippen LogP contribution in [-0.4, -0.2) is 10.9 Å². The number of hydrogen-bond donors (Lipinski definition) is 2. The van der Waals surface area contributed by atoms with Gasteiger partial charge in [0.25, 0.3) is 0 Å². The number of aryl methyl sites for hydroxylation is 2. The molecular formula is C21H21FN2O. The molecule has 128 valence electrons. The molecule has 0 bridgehead atoms. The number of halogens is 1. The Morgan fingerprint density at radius 2 is 2.04 bits per heavy atom. The van der Waals surface area contributed by atoms with Crippen LogP contribution < -0.4 is 5.32 Å². The Morgan fingerprint density at radius 1 is 1.24 bits per heavy atom. The van der Waals surface area contributed by atoms with E-state index >= 15 is 0 Å². The van der Waals surface area contributed by atoms with Gasteiger partial charge in [-0.2, -0.15) is 0 Å². The number of nitrogens with one attached hydrogen (secondary N) is 2. The number of hydrogen-bond acceptors (Lipinski definition) is 1. The molecule has 3 nitrogen and oxygen atoms in total. The van der Waals surface area contributed by atoms with Gasteiger partial charge in [0.15, 0.2) is 0 Å². The van der Waals surface area contributed by atoms with E-state index in [-0.39, 0.29) is 17.6 Å². The number of carbonyl (C=O) groups is 1. The fourth-order valence-electron chi connectivity index (χ4n) is 3.68. The quantitative estimate of drug-likeness (QED) is 0.720. The highest BCUT2D eigenvalue weighted by Gasteiger charge is 2.27. The normalized spacial score (nSPS) is 16.6. The van der Waals surface area contributed by atoms with Gasteiger partial charge in [0.1, 0.15) is 5.82 Å². The first kappa shape index (κ1) is 15.9. The summed E-state index contributed by atoms with van der Waals surface area (Å²) in [7, 11) is 0. The van der Waals surface area contributed by atoms with E-state index in [2.05, 4.69) is 17.2 Å². The molecule has 0 saturated heterocycles. The molecule has 0 radical (unpaired) electrons. The first-order valence-corrected chi connectivity index (χ1v) is 8.83. The zero-order valence-corrected chi connectivity index (χ0v) is 14.2. The summed E-state index contributed by atoms with van der Waals surface area (Å²) in [6.07, 6.45) is 3.26. The molecule has 2 aromatic carbocycles. The van der Waals surface area contributed by atoms with E-state index in [0.29, 0.717) is 6.42 Å². The summed E-state index contributed by atoms with van der Waals surface area (Å²) < 4.78 is 13.6. The SMILES string of the molecule is CCc1ccc(NC(=O)C2CCc3[nH]c4ccc(F)cc4c3C2)cc1. The predicted octanol–water partition coefficient (Wildman–Crippen LogP) is 4.61. The topological polar surface area (TPSA) is 44.9 Å². The summed E-state index contributed by atoms with van der Waals surface area (Å²) in [5.74, 6) is -0.279. The number of aromatic nitrogens is 1. The predicted molar refractivity (Wildman–Crippen MR) is 98.2 cm³/mol. The molecule has 1 heterocycles. The smallest absolute Gasteiger partial charge is 0.227 e. The molecule has 0 spiro atoms. The van der Waals surface area contributed by atoms with E-state index in [4.69, 9.17) is 0 Å². The molecule has 1 amide bonds. The minimum Gasteiger partial charge on any atom is -0.358 e. The molecule has 3 aromatic rings. The van der Waals surface area contributed by atoms with Crippen molar-refractivity contribution in [3.8, 4) is 0 Å². The third-order valence-corrected chi connectivity index (χ3v) is 5.15. The van der Waals surface area contributed by atoms with E-state index in [9.17, 15) is 9.18 Å². The van der Waals surface area contributed by atoms with Gasteiger partial charge in [-0.1, -0.05) is 19.1 Å². The highest BCUT2D eigenvalue weighted by molar-refractivity contribution is 5.94. The number of aromatic amines is 1. The van der Waals surface area contributed by atoms with Gasteiger partial charge in [0.2, 0.25) is 5.91 Å². The standard InChI is InChI=1S/C21H21FN2O/c1-2-13-3-7-16(8-4-13)23-21(25)14-5-9-19-17(11-14)18-12-15(22)6-10-20(18)24-19/h3-4,6-8,10,12,14,24H,2,5,9,11H2,1H3,(H,23,25). The number of benzene rings is 2. The maximum absolute atomic E-state index is 13.6. The second-order valence-electron chi connectivity index (χ2n) is 6.75. The van der Waals surface area contributed by atoms with E-state index in [1.165, 1.54) is 11.6 Å². The minimum absolute atomic E-state index is 0.0423. The Balaban J connectivity index is 1.53. The lowest BCUT2D eigenvalue weighted by Gasteiger charge is -2.22. The molecule has 1 unspecified atom stereocenters. The third-order valence-electron chi connectivity index (χ3n) is 5.15. The van der Waals surface area contributed by atoms with Crippen LogP contribution in [0.2, 0.25) is 0 Å². The van der Waals surface area contributed by atoms with Crippen LogP contribution in [0, 0.1) is 11.7 Å². The Morgan fingerprint density at radius 3 is 2.80 bits per heavy atom. The first-order chi connectivity index (χ1) is 12.1. The summed E-state index contributed by atoms with van der Waals surface area (Å²) in [5.41, 5.74) is 5.25. The van der Waals surface area contributed by atoms with Gasteiger partial charge in [-0.15, -0.1) is 0 Å². The summed E-state index contributed by atoms with van der Waals surface area (Å²) in [4.78, 5) is 16.0. The molecule has 1 aliphatic carbocycles. The minimum atomic E-state index is -0.239. The highest BCUT2D eigenvalue weighted by atomic mass is 19.1. The van der Waals surface area contributed by atoms with Crippen LogP contribution in [0.5, 0.6) is 0 Å². The Labute approximate surface area is 146 Å². The summed E-state index contributed by atoms with van der Waals surface area (Å²) >= 11 is 0. The largest absolute Gasteiger partial charge is 0.358 e. The van der Waals surface area contributed by atoms with Crippen molar-refractivity contribution < 1.29 is 9.18 Å². The average Bonchev–Trinajstić information content (AvgIpc) is 2.99. The van der Waals surface area contributed by atoms with Crippen LogP contribution in [0.1, 0.15) is 30.2 Å². The number of H-pyrrole nitrogens is 1. The van der Waals surface area contributed by atoms with Crippen molar-refractivity contribution in [3.05, 3.63) is 65.1 Å². The Hall–Kier alpha value is -2.62. The van der Waals surface area contributed by atoms with Gasteiger partial charge in [-0.3, -0.25) is 4.79 Å². The molecule has 2 N–H and O–H groups in total. The summed E-state index contributed by atoms with van der Waals surface area (Å²) in [6.45, 7) is 2.11. The number of rotatable bonds is 3. The van der Waals surface area contributed by atoms with Gasteiger partial charge >= 0.3 is 0 Å². The monoisotopic (exact) mass is 336 g/mol. The maximum atomic E-state index is 13.6. The molecule has 0 saturated carbocycles. The van der Waals surface area contributed by atoms with Crippen LogP contribution in [-0.2, 0) is 24.1 Å². The van der Waals surface area contributed by atoms with Gasteiger partial charge in [0.05, 0.1) is 0 Å². The van der Waals surface area contributed by atoms with Crippen LogP contribution in [0.4, 0.5) is 10.1 Å². The molecule has 1 aliphatic rings. The van der Waals surface area contributed by atoms with Crippen molar-refractivity contribution in [3.63, 3.8) is 0 Å². The molecular weight excluding hydrogens is 315 g/mol. The fourth-order valence-corrected chi connectivity index (χ4v) is 3.68. The summed E-state index contributed by atoms with van der Waals surface area (Å²) in [6, 6.07) is 12.8. The van der Waals surface area contributed by atoms with E-state index in [1.54, 1.807) is 12.1 Å². The lowest BCUT2D eigenvalue weighted by atomic mass is 9.85. The molecule has 4 heteroatoms. The van der Waals surface area contributed by atoms with E-state index < -0.39 is 0 Å². The van der Waals surface area contributed by atoms with Crippen molar-refractivity contribution in [2.75, 3.05) is 5.32 Å². The fraction of sp³-hybridized carbons (Fsp3) is 0.286. The van der Waals surface area contributed by atoms with Crippen LogP contribution in [0.15, 0.2) is 42.5 Å². The Kier molecular flexibility index (Phi) is 4.04. The number of anilines is 1.